The summed E-state index contributed by atoms with van der Waals surface area (Å²) in [6.07, 6.45) is 4.91. The molecule has 7 heteroatoms. The number of para-hydroxylation sites is 1. The Morgan fingerprint density at radius 2 is 2.00 bits per heavy atom. The number of rotatable bonds is 3. The largest absolute Gasteiger partial charge is 0.282 e. The summed E-state index contributed by atoms with van der Waals surface area (Å²) in [6.45, 7) is 0. The molecule has 1 N–H and O–H groups in total. The molecule has 112 valence electrons. The lowest BCUT2D eigenvalue weighted by atomic mass is 10.3. The summed E-state index contributed by atoms with van der Waals surface area (Å²) >= 11 is 1.59. The molecule has 0 amide bonds. The van der Waals surface area contributed by atoms with Crippen LogP contribution in [0.25, 0.3) is 16.7 Å². The van der Waals surface area contributed by atoms with E-state index in [1.54, 1.807) is 28.4 Å². The van der Waals surface area contributed by atoms with Crippen molar-refractivity contribution in [3.8, 4) is 5.69 Å². The number of nitrogens with zero attached hydrogens (tertiary/aromatic N) is 5. The minimum atomic E-state index is 0.255. The number of fused-ring (bicyclic) bond motifs is 1. The van der Waals surface area contributed by atoms with E-state index in [2.05, 4.69) is 15.2 Å². The monoisotopic (exact) mass is 320 g/mol. The van der Waals surface area contributed by atoms with Gasteiger partial charge < -0.3 is 0 Å². The molecule has 0 saturated heterocycles. The van der Waals surface area contributed by atoms with Crippen LogP contribution in [0.4, 0.5) is 0 Å². The summed E-state index contributed by atoms with van der Waals surface area (Å²) in [4.78, 5) is 5.44. The Morgan fingerprint density at radius 3 is 2.78 bits per heavy atom. The molecule has 0 aliphatic heterocycles. The molecule has 0 bridgehead atoms. The molecule has 0 unspecified atom stereocenters. The Labute approximate surface area is 135 Å². The van der Waals surface area contributed by atoms with Gasteiger partial charge in [0.25, 0.3) is 0 Å². The van der Waals surface area contributed by atoms with E-state index in [1.165, 1.54) is 11.0 Å². The molecule has 6 nitrogen and oxygen atoms in total. The fraction of sp³-hybridized carbons (Fsp3) is 0. The van der Waals surface area contributed by atoms with E-state index in [0.717, 1.165) is 10.6 Å². The Bertz CT molecular complexity index is 1030. The lowest BCUT2D eigenvalue weighted by Crippen LogP contribution is -2.17. The highest BCUT2D eigenvalue weighted by atomic mass is 32.1. The third kappa shape index (κ3) is 2.47. The SMILES string of the molecule is N=c1c2cnn(-c3ccccc3)c2ncn1/N=C\c1cccs1. The maximum atomic E-state index is 8.30. The van der Waals surface area contributed by atoms with Crippen molar-refractivity contribution in [1.29, 1.82) is 5.41 Å². The lowest BCUT2D eigenvalue weighted by Gasteiger charge is -2.03. The van der Waals surface area contributed by atoms with E-state index >= 15 is 0 Å². The zero-order valence-corrected chi connectivity index (χ0v) is 12.8. The van der Waals surface area contributed by atoms with Crippen LogP contribution >= 0.6 is 11.3 Å². The van der Waals surface area contributed by atoms with Gasteiger partial charge in [-0.2, -0.15) is 10.2 Å². The first-order valence-electron chi connectivity index (χ1n) is 6.96. The van der Waals surface area contributed by atoms with E-state index in [9.17, 15) is 0 Å². The smallest absolute Gasteiger partial charge is 0.168 e. The van der Waals surface area contributed by atoms with E-state index < -0.39 is 0 Å². The first kappa shape index (κ1) is 13.6. The van der Waals surface area contributed by atoms with Crippen molar-refractivity contribution in [1.82, 2.24) is 19.4 Å². The van der Waals surface area contributed by atoms with Gasteiger partial charge in [0.2, 0.25) is 0 Å². The minimum absolute atomic E-state index is 0.255. The first-order valence-corrected chi connectivity index (χ1v) is 7.84. The Balaban J connectivity index is 1.80. The van der Waals surface area contributed by atoms with Crippen LogP contribution in [-0.2, 0) is 0 Å². The van der Waals surface area contributed by atoms with Crippen molar-refractivity contribution < 1.29 is 0 Å². The molecule has 0 atom stereocenters. The molecule has 1 aromatic carbocycles. The maximum absolute atomic E-state index is 8.30. The Kier molecular flexibility index (Phi) is 3.32. The molecule has 0 radical (unpaired) electrons. The van der Waals surface area contributed by atoms with E-state index in [0.29, 0.717) is 11.0 Å². The van der Waals surface area contributed by atoms with Gasteiger partial charge in [-0.25, -0.2) is 14.3 Å². The van der Waals surface area contributed by atoms with Crippen LogP contribution in [0.15, 0.2) is 65.5 Å². The fourth-order valence-electron chi connectivity index (χ4n) is 2.25. The number of hydrogen-bond acceptors (Lipinski definition) is 5. The van der Waals surface area contributed by atoms with Gasteiger partial charge >= 0.3 is 0 Å². The van der Waals surface area contributed by atoms with Crippen LogP contribution in [0.5, 0.6) is 0 Å². The quantitative estimate of drug-likeness (QED) is 0.589. The van der Waals surface area contributed by atoms with Crippen LogP contribution in [0.2, 0.25) is 0 Å². The maximum Gasteiger partial charge on any atom is 0.168 e. The third-order valence-corrected chi connectivity index (χ3v) is 4.18. The van der Waals surface area contributed by atoms with Gasteiger partial charge in [0.05, 0.1) is 23.5 Å². The zero-order valence-electron chi connectivity index (χ0n) is 12.0. The molecule has 4 rings (SSSR count). The van der Waals surface area contributed by atoms with Crippen LogP contribution in [0, 0.1) is 5.41 Å². The molecule has 23 heavy (non-hydrogen) atoms. The van der Waals surface area contributed by atoms with E-state index in [4.69, 9.17) is 5.41 Å². The predicted octanol–water partition coefficient (Wildman–Crippen LogP) is 2.65. The highest BCUT2D eigenvalue weighted by Crippen LogP contribution is 2.13. The second-order valence-electron chi connectivity index (χ2n) is 4.83. The van der Waals surface area contributed by atoms with Crippen molar-refractivity contribution in [2.75, 3.05) is 0 Å². The number of hydrogen-bond donors (Lipinski definition) is 1. The van der Waals surface area contributed by atoms with Gasteiger partial charge in [0.1, 0.15) is 6.33 Å². The molecule has 0 fully saturated rings. The number of thiophene rings is 1. The highest BCUT2D eigenvalue weighted by molar-refractivity contribution is 7.11. The topological polar surface area (TPSA) is 71.8 Å². The zero-order chi connectivity index (χ0) is 15.6. The molecular formula is C16H12N6S. The second-order valence-corrected chi connectivity index (χ2v) is 5.81. The Hall–Kier alpha value is -3.06. The summed E-state index contributed by atoms with van der Waals surface area (Å²) in [5.41, 5.74) is 1.81. The van der Waals surface area contributed by atoms with Gasteiger partial charge in [-0.3, -0.25) is 5.41 Å². The summed E-state index contributed by atoms with van der Waals surface area (Å²) in [7, 11) is 0. The van der Waals surface area contributed by atoms with Gasteiger partial charge in [0.15, 0.2) is 11.1 Å². The lowest BCUT2D eigenvalue weighted by molar-refractivity contribution is 0.779. The van der Waals surface area contributed by atoms with Crippen molar-refractivity contribution >= 4 is 28.6 Å². The van der Waals surface area contributed by atoms with Gasteiger partial charge in [0, 0.05) is 4.88 Å². The normalized spacial score (nSPS) is 11.5. The van der Waals surface area contributed by atoms with Crippen LogP contribution in [0.3, 0.4) is 0 Å². The molecule has 3 heterocycles. The van der Waals surface area contributed by atoms with Gasteiger partial charge in [-0.1, -0.05) is 24.3 Å². The van der Waals surface area contributed by atoms with Crippen molar-refractivity contribution in [3.63, 3.8) is 0 Å². The van der Waals surface area contributed by atoms with E-state index in [-0.39, 0.29) is 5.49 Å². The highest BCUT2D eigenvalue weighted by Gasteiger charge is 2.08. The average Bonchev–Trinajstić information content (AvgIpc) is 3.25. The molecule has 0 saturated carbocycles. The van der Waals surface area contributed by atoms with Crippen LogP contribution in [0.1, 0.15) is 4.88 Å². The number of nitrogens with one attached hydrogen (secondary N) is 1. The molecule has 0 spiro atoms. The standard InChI is InChI=1S/C16H12N6S/c17-15-14-10-20-22(12-5-2-1-3-6-12)16(14)18-11-21(15)19-9-13-7-4-8-23-13/h1-11,17H/b17-15?,19-9-. The molecule has 0 aliphatic rings. The Morgan fingerprint density at radius 1 is 1.13 bits per heavy atom. The number of benzene rings is 1. The molecular weight excluding hydrogens is 308 g/mol. The van der Waals surface area contributed by atoms with Crippen LogP contribution < -0.4 is 5.49 Å². The summed E-state index contributed by atoms with van der Waals surface area (Å²) in [6, 6.07) is 13.7. The number of aromatic nitrogens is 4. The van der Waals surface area contributed by atoms with Crippen molar-refractivity contribution in [2.24, 2.45) is 5.10 Å². The van der Waals surface area contributed by atoms with Crippen LogP contribution in [-0.4, -0.2) is 25.7 Å². The van der Waals surface area contributed by atoms with E-state index in [1.807, 2.05) is 47.8 Å². The fourth-order valence-corrected chi connectivity index (χ4v) is 2.83. The summed E-state index contributed by atoms with van der Waals surface area (Å²) in [5, 5.41) is 19.6. The first-order chi connectivity index (χ1) is 11.3. The summed E-state index contributed by atoms with van der Waals surface area (Å²) < 4.78 is 3.17. The van der Waals surface area contributed by atoms with Crippen molar-refractivity contribution in [3.05, 3.63) is 70.7 Å². The molecule has 4 aromatic rings. The van der Waals surface area contributed by atoms with Gasteiger partial charge in [-0.15, -0.1) is 11.3 Å². The summed E-state index contributed by atoms with van der Waals surface area (Å²) in [5.74, 6) is 0. The second kappa shape index (κ2) is 5.62. The predicted molar refractivity (Wildman–Crippen MR) is 90.0 cm³/mol. The van der Waals surface area contributed by atoms with Crippen molar-refractivity contribution in [2.45, 2.75) is 0 Å². The minimum Gasteiger partial charge on any atom is -0.282 e. The third-order valence-electron chi connectivity index (χ3n) is 3.37. The molecule has 0 aliphatic carbocycles. The molecule has 3 aromatic heterocycles. The average molecular weight is 320 g/mol. The van der Waals surface area contributed by atoms with Gasteiger partial charge in [-0.05, 0) is 23.6 Å².